The average molecular weight is 363 g/mol. The highest BCUT2D eigenvalue weighted by Gasteiger charge is 2.51. The first-order chi connectivity index (χ1) is 11.0. The summed E-state index contributed by atoms with van der Waals surface area (Å²) in [5, 5.41) is 1.95. The van der Waals surface area contributed by atoms with E-state index in [-0.39, 0.29) is 17.4 Å². The third-order valence-electron chi connectivity index (χ3n) is 3.14. The molecule has 1 aliphatic heterocycles. The van der Waals surface area contributed by atoms with Crippen molar-refractivity contribution in [1.82, 2.24) is 20.2 Å². The number of ether oxygens (including phenoxy) is 1. The number of halogens is 3. The van der Waals surface area contributed by atoms with Crippen LogP contribution in [0.2, 0.25) is 5.15 Å². The van der Waals surface area contributed by atoms with Crippen LogP contribution in [0.4, 0.5) is 13.6 Å². The number of hydrogen-bond donors (Lipinski definition) is 1. The van der Waals surface area contributed by atoms with Gasteiger partial charge in [-0.05, 0) is 20.8 Å². The van der Waals surface area contributed by atoms with E-state index in [0.717, 1.165) is 4.90 Å². The number of nitrogens with one attached hydrogen (secondary N) is 1. The zero-order chi connectivity index (χ0) is 18.1. The summed E-state index contributed by atoms with van der Waals surface area (Å²) < 4.78 is 33.3. The van der Waals surface area contributed by atoms with Crippen LogP contribution >= 0.6 is 11.6 Å². The Morgan fingerprint density at radius 1 is 1.38 bits per heavy atom. The Morgan fingerprint density at radius 2 is 2.00 bits per heavy atom. The van der Waals surface area contributed by atoms with Gasteiger partial charge in [-0.3, -0.25) is 9.69 Å². The average Bonchev–Trinajstić information content (AvgIpc) is 2.73. The molecule has 1 aromatic heterocycles. The van der Waals surface area contributed by atoms with Gasteiger partial charge in [0.2, 0.25) is 0 Å². The van der Waals surface area contributed by atoms with E-state index >= 15 is 0 Å². The Morgan fingerprint density at radius 3 is 2.58 bits per heavy atom. The Bertz CT molecular complexity index is 651. The summed E-state index contributed by atoms with van der Waals surface area (Å²) in [7, 11) is 0. The lowest BCUT2D eigenvalue weighted by Crippen LogP contribution is -2.47. The molecule has 1 atom stereocenters. The minimum atomic E-state index is -3.30. The SMILES string of the molecule is CC(C)(C)OC(=O)N1CC(NC(=O)c2nccnc2Cl)C(F)(F)C1. The van der Waals surface area contributed by atoms with E-state index in [0.29, 0.717) is 0 Å². The molecule has 0 aliphatic carbocycles. The van der Waals surface area contributed by atoms with E-state index in [2.05, 4.69) is 15.3 Å². The van der Waals surface area contributed by atoms with E-state index in [1.165, 1.54) is 12.4 Å². The Hall–Kier alpha value is -2.03. The van der Waals surface area contributed by atoms with Crippen LogP contribution in [0.25, 0.3) is 0 Å². The summed E-state index contributed by atoms with van der Waals surface area (Å²) in [4.78, 5) is 32.2. The number of amides is 2. The van der Waals surface area contributed by atoms with E-state index in [1.807, 2.05) is 0 Å². The van der Waals surface area contributed by atoms with Crippen LogP contribution in [0.5, 0.6) is 0 Å². The zero-order valence-electron chi connectivity index (χ0n) is 13.3. The molecule has 2 heterocycles. The molecule has 0 spiro atoms. The van der Waals surface area contributed by atoms with Gasteiger partial charge in [-0.1, -0.05) is 11.6 Å². The monoisotopic (exact) mass is 362 g/mol. The van der Waals surface area contributed by atoms with Crippen molar-refractivity contribution in [2.75, 3.05) is 13.1 Å². The van der Waals surface area contributed by atoms with Gasteiger partial charge < -0.3 is 10.1 Å². The molecule has 1 aliphatic rings. The second kappa shape index (κ2) is 6.46. The van der Waals surface area contributed by atoms with Crippen LogP contribution in [0.1, 0.15) is 31.3 Å². The van der Waals surface area contributed by atoms with Crippen LogP contribution < -0.4 is 5.32 Å². The van der Waals surface area contributed by atoms with Crippen molar-refractivity contribution in [2.24, 2.45) is 0 Å². The van der Waals surface area contributed by atoms with Gasteiger partial charge in [0.05, 0.1) is 13.1 Å². The fourth-order valence-electron chi connectivity index (χ4n) is 2.10. The number of carbonyl (C=O) groups excluding carboxylic acids is 2. The minimum absolute atomic E-state index is 0.194. The van der Waals surface area contributed by atoms with Gasteiger partial charge in [-0.25, -0.2) is 23.5 Å². The number of rotatable bonds is 2. The van der Waals surface area contributed by atoms with Crippen molar-refractivity contribution in [2.45, 2.75) is 38.3 Å². The maximum Gasteiger partial charge on any atom is 0.410 e. The van der Waals surface area contributed by atoms with Crippen molar-refractivity contribution >= 4 is 23.6 Å². The summed E-state index contributed by atoms with van der Waals surface area (Å²) in [6.07, 6.45) is 1.63. The molecule has 1 saturated heterocycles. The molecule has 0 radical (unpaired) electrons. The number of aromatic nitrogens is 2. The van der Waals surface area contributed by atoms with Crippen molar-refractivity contribution < 1.29 is 23.1 Å². The lowest BCUT2D eigenvalue weighted by atomic mass is 10.2. The molecule has 7 nitrogen and oxygen atoms in total. The first kappa shape index (κ1) is 18.3. The Kier molecular flexibility index (Phi) is 4.93. The van der Waals surface area contributed by atoms with Gasteiger partial charge >= 0.3 is 6.09 Å². The largest absolute Gasteiger partial charge is 0.444 e. The van der Waals surface area contributed by atoms with Gasteiger partial charge in [0.1, 0.15) is 11.6 Å². The number of nitrogens with zero attached hydrogens (tertiary/aromatic N) is 3. The maximum absolute atomic E-state index is 14.1. The molecule has 2 amide bonds. The number of likely N-dealkylation sites (tertiary alicyclic amines) is 1. The lowest BCUT2D eigenvalue weighted by Gasteiger charge is -2.24. The van der Waals surface area contributed by atoms with Crippen molar-refractivity contribution in [3.63, 3.8) is 0 Å². The standard InChI is InChI=1S/C14H17ClF2N4O3/c1-13(2,3)24-12(23)21-6-8(14(16,17)7-21)20-11(22)9-10(15)19-5-4-18-9/h4-5,8H,6-7H2,1-3H3,(H,20,22). The first-order valence-electron chi connectivity index (χ1n) is 7.13. The highest BCUT2D eigenvalue weighted by molar-refractivity contribution is 6.32. The molecule has 10 heteroatoms. The van der Waals surface area contributed by atoms with Crippen molar-refractivity contribution in [3.05, 3.63) is 23.2 Å². The molecular formula is C14H17ClF2N4O3. The molecule has 1 aromatic rings. The van der Waals surface area contributed by atoms with Gasteiger partial charge in [-0.15, -0.1) is 0 Å². The van der Waals surface area contributed by atoms with Crippen LogP contribution in [-0.4, -0.2) is 57.5 Å². The van der Waals surface area contributed by atoms with Gasteiger partial charge in [0.25, 0.3) is 11.8 Å². The third-order valence-corrected chi connectivity index (χ3v) is 3.42. The molecule has 0 saturated carbocycles. The number of alkyl halides is 2. The van der Waals surface area contributed by atoms with Gasteiger partial charge in [-0.2, -0.15) is 0 Å². The minimum Gasteiger partial charge on any atom is -0.444 e. The van der Waals surface area contributed by atoms with E-state index in [1.54, 1.807) is 20.8 Å². The summed E-state index contributed by atoms with van der Waals surface area (Å²) in [5.41, 5.74) is -1.06. The molecular weight excluding hydrogens is 346 g/mol. The van der Waals surface area contributed by atoms with Gasteiger partial charge in [0, 0.05) is 12.4 Å². The third kappa shape index (κ3) is 4.28. The van der Waals surface area contributed by atoms with Crippen LogP contribution in [-0.2, 0) is 4.74 Å². The van der Waals surface area contributed by atoms with E-state index in [4.69, 9.17) is 16.3 Å². The quantitative estimate of drug-likeness (QED) is 0.871. The highest BCUT2D eigenvalue weighted by Crippen LogP contribution is 2.29. The highest BCUT2D eigenvalue weighted by atomic mass is 35.5. The van der Waals surface area contributed by atoms with E-state index < -0.39 is 36.1 Å². The smallest absolute Gasteiger partial charge is 0.410 e. The normalized spacial score (nSPS) is 19.9. The molecule has 2 rings (SSSR count). The summed E-state index contributed by atoms with van der Waals surface area (Å²) in [5.74, 6) is -4.19. The summed E-state index contributed by atoms with van der Waals surface area (Å²) in [6.45, 7) is 3.67. The zero-order valence-corrected chi connectivity index (χ0v) is 14.1. The second-order valence-corrected chi connectivity index (χ2v) is 6.70. The van der Waals surface area contributed by atoms with E-state index in [9.17, 15) is 18.4 Å². The topological polar surface area (TPSA) is 84.4 Å². The van der Waals surface area contributed by atoms with Crippen LogP contribution in [0, 0.1) is 0 Å². The molecule has 1 fully saturated rings. The summed E-state index contributed by atoms with van der Waals surface area (Å²) >= 11 is 5.72. The van der Waals surface area contributed by atoms with Crippen LogP contribution in [0.3, 0.4) is 0 Å². The van der Waals surface area contributed by atoms with Crippen molar-refractivity contribution in [3.8, 4) is 0 Å². The molecule has 1 N–H and O–H groups in total. The Balaban J connectivity index is 2.07. The van der Waals surface area contributed by atoms with Gasteiger partial charge in [0.15, 0.2) is 10.8 Å². The summed E-state index contributed by atoms with van der Waals surface area (Å²) in [6, 6.07) is -1.57. The second-order valence-electron chi connectivity index (χ2n) is 6.34. The number of carbonyl (C=O) groups is 2. The van der Waals surface area contributed by atoms with Crippen molar-refractivity contribution in [1.29, 1.82) is 0 Å². The number of hydrogen-bond acceptors (Lipinski definition) is 5. The molecule has 0 bridgehead atoms. The maximum atomic E-state index is 14.1. The molecule has 0 aromatic carbocycles. The Labute approximate surface area is 142 Å². The predicted octanol–water partition coefficient (Wildman–Crippen LogP) is 2.11. The van der Waals surface area contributed by atoms with Crippen LogP contribution in [0.15, 0.2) is 12.4 Å². The molecule has 1 unspecified atom stereocenters. The first-order valence-corrected chi connectivity index (χ1v) is 7.50. The lowest BCUT2D eigenvalue weighted by molar-refractivity contribution is -0.0154. The molecule has 24 heavy (non-hydrogen) atoms. The fraction of sp³-hybridized carbons (Fsp3) is 0.571. The fourth-order valence-corrected chi connectivity index (χ4v) is 2.29. The molecule has 132 valence electrons. The predicted molar refractivity (Wildman–Crippen MR) is 81.1 cm³/mol.